The van der Waals surface area contributed by atoms with E-state index in [1.165, 1.54) is 18.4 Å². The summed E-state index contributed by atoms with van der Waals surface area (Å²) in [5, 5.41) is 6.17. The molecule has 1 saturated heterocycles. The lowest BCUT2D eigenvalue weighted by atomic mass is 9.95. The van der Waals surface area contributed by atoms with Gasteiger partial charge in [0.2, 0.25) is 5.91 Å². The third kappa shape index (κ3) is 8.69. The minimum absolute atomic E-state index is 0. The van der Waals surface area contributed by atoms with Gasteiger partial charge in [0, 0.05) is 20.2 Å². The molecule has 1 aromatic rings. The van der Waals surface area contributed by atoms with Crippen LogP contribution in [0.1, 0.15) is 31.4 Å². The second-order valence-corrected chi connectivity index (χ2v) is 6.62. The molecule has 150 valence electrons. The first-order chi connectivity index (χ1) is 11.7. The molecular weight excluding hydrogens is 373 g/mol. The fourth-order valence-corrected chi connectivity index (χ4v) is 3.12. The molecule has 0 bridgehead atoms. The minimum atomic E-state index is 0. The summed E-state index contributed by atoms with van der Waals surface area (Å²) in [6.07, 6.45) is 2.46. The van der Waals surface area contributed by atoms with E-state index in [4.69, 9.17) is 4.74 Å². The lowest BCUT2D eigenvalue weighted by Crippen LogP contribution is -2.43. The molecule has 0 radical (unpaired) electrons. The molecule has 0 saturated carbocycles. The average molecular weight is 406 g/mol. The average Bonchev–Trinajstić information content (AvgIpc) is 2.61. The number of methoxy groups -OCH3 is 1. The van der Waals surface area contributed by atoms with Crippen LogP contribution in [0, 0.1) is 5.92 Å². The molecule has 0 spiro atoms. The number of carbonyl (C=O) groups excluding carboxylic acids is 1. The van der Waals surface area contributed by atoms with Crippen molar-refractivity contribution in [1.29, 1.82) is 0 Å². The summed E-state index contributed by atoms with van der Waals surface area (Å²) in [5.41, 5.74) is 1.28. The van der Waals surface area contributed by atoms with Crippen LogP contribution in [-0.2, 0) is 9.53 Å². The van der Waals surface area contributed by atoms with Crippen molar-refractivity contribution in [2.24, 2.45) is 5.92 Å². The van der Waals surface area contributed by atoms with E-state index in [9.17, 15) is 4.79 Å². The predicted octanol–water partition coefficient (Wildman–Crippen LogP) is 2.66. The highest BCUT2D eigenvalue weighted by molar-refractivity contribution is 5.85. The van der Waals surface area contributed by atoms with Crippen molar-refractivity contribution >= 4 is 30.7 Å². The monoisotopic (exact) mass is 405 g/mol. The molecule has 1 atom stereocenters. The number of carbonyl (C=O) groups is 1. The second-order valence-electron chi connectivity index (χ2n) is 6.62. The molecule has 26 heavy (non-hydrogen) atoms. The molecule has 1 aliphatic rings. The molecule has 5 nitrogen and oxygen atoms in total. The fourth-order valence-electron chi connectivity index (χ4n) is 3.12. The van der Waals surface area contributed by atoms with E-state index >= 15 is 0 Å². The lowest BCUT2D eigenvalue weighted by Gasteiger charge is -2.37. The standard InChI is InChI=1S/C19H31N3O2.2ClH/c1-16-8-11-22(12-9-16)18(17-6-4-3-5-7-17)14-21-19(23)15-20-10-13-24-2;;/h3-7,16,18,20H,8-15H2,1-2H3,(H,21,23);2*1H. The number of amides is 1. The summed E-state index contributed by atoms with van der Waals surface area (Å²) in [4.78, 5) is 14.6. The number of benzene rings is 1. The number of halogens is 2. The Morgan fingerprint density at radius 2 is 1.88 bits per heavy atom. The maximum atomic E-state index is 12.0. The molecule has 2 rings (SSSR count). The predicted molar refractivity (Wildman–Crippen MR) is 111 cm³/mol. The van der Waals surface area contributed by atoms with Crippen LogP contribution in [0.4, 0.5) is 0 Å². The zero-order chi connectivity index (χ0) is 17.2. The normalized spacial score (nSPS) is 16.2. The number of likely N-dealkylation sites (tertiary alicyclic amines) is 1. The van der Waals surface area contributed by atoms with Crippen LogP contribution in [0.3, 0.4) is 0 Å². The van der Waals surface area contributed by atoms with Gasteiger partial charge in [0.05, 0.1) is 19.2 Å². The van der Waals surface area contributed by atoms with Gasteiger partial charge in [-0.2, -0.15) is 0 Å². The quantitative estimate of drug-likeness (QED) is 0.620. The van der Waals surface area contributed by atoms with Crippen molar-refractivity contribution < 1.29 is 9.53 Å². The van der Waals surface area contributed by atoms with Gasteiger partial charge < -0.3 is 15.4 Å². The first kappa shape index (κ1) is 25.1. The molecule has 1 unspecified atom stereocenters. The maximum absolute atomic E-state index is 12.0. The largest absolute Gasteiger partial charge is 0.383 e. The molecule has 1 aromatic carbocycles. The van der Waals surface area contributed by atoms with Crippen LogP contribution >= 0.6 is 24.8 Å². The van der Waals surface area contributed by atoms with Crippen LogP contribution in [0.15, 0.2) is 30.3 Å². The van der Waals surface area contributed by atoms with Crippen LogP contribution < -0.4 is 10.6 Å². The molecule has 1 fully saturated rings. The number of ether oxygens (including phenoxy) is 1. The van der Waals surface area contributed by atoms with Crippen molar-refractivity contribution in [3.8, 4) is 0 Å². The first-order valence-electron chi connectivity index (χ1n) is 8.96. The van der Waals surface area contributed by atoms with Crippen LogP contribution in [0.5, 0.6) is 0 Å². The van der Waals surface area contributed by atoms with Crippen molar-refractivity contribution in [2.75, 3.05) is 46.4 Å². The molecule has 0 aliphatic carbocycles. The molecule has 1 amide bonds. The fraction of sp³-hybridized carbons (Fsp3) is 0.632. The Morgan fingerprint density at radius 3 is 2.50 bits per heavy atom. The Bertz CT molecular complexity index is 483. The second kappa shape index (κ2) is 14.2. The van der Waals surface area contributed by atoms with Crippen molar-refractivity contribution in [3.63, 3.8) is 0 Å². The topological polar surface area (TPSA) is 53.6 Å². The summed E-state index contributed by atoms with van der Waals surface area (Å²) in [7, 11) is 1.66. The van der Waals surface area contributed by atoms with Crippen molar-refractivity contribution in [3.05, 3.63) is 35.9 Å². The summed E-state index contributed by atoms with van der Waals surface area (Å²) in [6, 6.07) is 10.8. The molecule has 0 aromatic heterocycles. The van der Waals surface area contributed by atoms with E-state index in [1.54, 1.807) is 7.11 Å². The van der Waals surface area contributed by atoms with Gasteiger partial charge in [0.15, 0.2) is 0 Å². The summed E-state index contributed by atoms with van der Waals surface area (Å²) in [5.74, 6) is 0.842. The number of nitrogens with zero attached hydrogens (tertiary/aromatic N) is 1. The van der Waals surface area contributed by atoms with Gasteiger partial charge in [-0.3, -0.25) is 9.69 Å². The number of rotatable bonds is 9. The zero-order valence-corrected chi connectivity index (χ0v) is 17.4. The van der Waals surface area contributed by atoms with Gasteiger partial charge in [0.25, 0.3) is 0 Å². The van der Waals surface area contributed by atoms with Gasteiger partial charge in [-0.15, -0.1) is 24.8 Å². The van der Waals surface area contributed by atoms with Gasteiger partial charge in [-0.1, -0.05) is 37.3 Å². The van der Waals surface area contributed by atoms with E-state index in [1.807, 2.05) is 6.07 Å². The van der Waals surface area contributed by atoms with Gasteiger partial charge in [0.1, 0.15) is 0 Å². The highest BCUT2D eigenvalue weighted by Crippen LogP contribution is 2.26. The van der Waals surface area contributed by atoms with E-state index < -0.39 is 0 Å². The molecular formula is C19H33Cl2N3O2. The Balaban J connectivity index is 0.00000312. The molecule has 1 heterocycles. The Hall–Kier alpha value is -0.850. The van der Waals surface area contributed by atoms with Crippen molar-refractivity contribution in [2.45, 2.75) is 25.8 Å². The highest BCUT2D eigenvalue weighted by Gasteiger charge is 2.24. The van der Waals surface area contributed by atoms with Crippen LogP contribution in [0.2, 0.25) is 0 Å². The SMILES string of the molecule is COCCNCC(=O)NCC(c1ccccc1)N1CCC(C)CC1.Cl.Cl. The number of hydrogen-bond acceptors (Lipinski definition) is 4. The minimum Gasteiger partial charge on any atom is -0.383 e. The number of piperidine rings is 1. The van der Waals surface area contributed by atoms with E-state index in [0.29, 0.717) is 26.2 Å². The van der Waals surface area contributed by atoms with Crippen molar-refractivity contribution in [1.82, 2.24) is 15.5 Å². The summed E-state index contributed by atoms with van der Waals surface area (Å²) >= 11 is 0. The van der Waals surface area contributed by atoms with Gasteiger partial charge in [-0.05, 0) is 37.4 Å². The third-order valence-corrected chi connectivity index (χ3v) is 4.70. The van der Waals surface area contributed by atoms with Gasteiger partial charge >= 0.3 is 0 Å². The molecule has 2 N–H and O–H groups in total. The molecule has 1 aliphatic heterocycles. The van der Waals surface area contributed by atoms with E-state index in [0.717, 1.165) is 19.0 Å². The number of hydrogen-bond donors (Lipinski definition) is 2. The smallest absolute Gasteiger partial charge is 0.234 e. The number of nitrogens with one attached hydrogen (secondary N) is 2. The summed E-state index contributed by atoms with van der Waals surface area (Å²) in [6.45, 7) is 6.82. The zero-order valence-electron chi connectivity index (χ0n) is 15.8. The molecule has 7 heteroatoms. The highest BCUT2D eigenvalue weighted by atomic mass is 35.5. The Morgan fingerprint density at radius 1 is 1.23 bits per heavy atom. The van der Waals surface area contributed by atoms with Crippen LogP contribution in [0.25, 0.3) is 0 Å². The Kier molecular flexibility index (Phi) is 13.8. The maximum Gasteiger partial charge on any atom is 0.234 e. The summed E-state index contributed by atoms with van der Waals surface area (Å²) < 4.78 is 4.97. The van der Waals surface area contributed by atoms with E-state index in [2.05, 4.69) is 46.7 Å². The first-order valence-corrected chi connectivity index (χ1v) is 8.96. The lowest BCUT2D eigenvalue weighted by molar-refractivity contribution is -0.120. The van der Waals surface area contributed by atoms with Crippen LogP contribution in [-0.4, -0.2) is 57.2 Å². The van der Waals surface area contributed by atoms with E-state index in [-0.39, 0.29) is 36.8 Å². The third-order valence-electron chi connectivity index (χ3n) is 4.70. The Labute approximate surface area is 170 Å². The van der Waals surface area contributed by atoms with Gasteiger partial charge in [-0.25, -0.2) is 0 Å².